The molecule has 0 atom stereocenters. The van der Waals surface area contributed by atoms with Crippen LogP contribution in [0.1, 0.15) is 11.1 Å². The molecule has 0 fully saturated rings. The molecule has 0 bridgehead atoms. The molecule has 2 aromatic heterocycles. The van der Waals surface area contributed by atoms with Crippen LogP contribution in [-0.4, -0.2) is 15.2 Å². The molecule has 0 spiro atoms. The molecule has 0 aliphatic heterocycles. The molecule has 24 heavy (non-hydrogen) atoms. The second-order valence-electron chi connectivity index (χ2n) is 5.04. The van der Waals surface area contributed by atoms with Gasteiger partial charge < -0.3 is 5.32 Å². The Labute approximate surface area is 134 Å². The molecule has 1 aromatic carbocycles. The second-order valence-corrected chi connectivity index (χ2v) is 5.04. The van der Waals surface area contributed by atoms with Crippen LogP contribution in [0.3, 0.4) is 0 Å². The molecule has 2 N–H and O–H groups in total. The van der Waals surface area contributed by atoms with Crippen LogP contribution in [0, 0.1) is 5.95 Å². The van der Waals surface area contributed by atoms with Crippen LogP contribution < -0.4 is 5.32 Å². The van der Waals surface area contributed by atoms with Gasteiger partial charge in [-0.2, -0.15) is 22.7 Å². The number of halogens is 4. The fraction of sp³-hybridized carbons (Fsp3) is 0.125. The van der Waals surface area contributed by atoms with Crippen molar-refractivity contribution >= 4 is 5.82 Å². The van der Waals surface area contributed by atoms with Gasteiger partial charge >= 0.3 is 6.18 Å². The maximum atomic E-state index is 13.0. The van der Waals surface area contributed by atoms with Crippen molar-refractivity contribution in [1.29, 1.82) is 0 Å². The normalized spacial score (nSPS) is 11.5. The number of alkyl halides is 3. The molecule has 124 valence electrons. The molecule has 4 nitrogen and oxygen atoms in total. The average molecular weight is 336 g/mol. The third-order valence-corrected chi connectivity index (χ3v) is 3.39. The highest BCUT2D eigenvalue weighted by atomic mass is 19.4. The van der Waals surface area contributed by atoms with Gasteiger partial charge in [-0.3, -0.25) is 5.10 Å². The number of nitrogens with zero attached hydrogens (tertiary/aromatic N) is 2. The van der Waals surface area contributed by atoms with Crippen LogP contribution in [0.5, 0.6) is 0 Å². The number of benzene rings is 1. The Morgan fingerprint density at radius 3 is 2.46 bits per heavy atom. The van der Waals surface area contributed by atoms with Crippen LogP contribution in [-0.2, 0) is 12.7 Å². The largest absolute Gasteiger partial charge is 0.416 e. The van der Waals surface area contributed by atoms with E-state index in [0.29, 0.717) is 23.6 Å². The van der Waals surface area contributed by atoms with Crippen LogP contribution in [0.25, 0.3) is 11.3 Å². The summed E-state index contributed by atoms with van der Waals surface area (Å²) in [6.07, 6.45) is -2.82. The van der Waals surface area contributed by atoms with Gasteiger partial charge in [-0.1, -0.05) is 18.2 Å². The minimum Gasteiger partial charge on any atom is -0.366 e. The smallest absolute Gasteiger partial charge is 0.366 e. The lowest BCUT2D eigenvalue weighted by atomic mass is 10.1. The van der Waals surface area contributed by atoms with E-state index in [4.69, 9.17) is 0 Å². The van der Waals surface area contributed by atoms with Crippen molar-refractivity contribution in [3.63, 3.8) is 0 Å². The number of aromatic nitrogens is 3. The van der Waals surface area contributed by atoms with E-state index in [1.54, 1.807) is 12.3 Å². The van der Waals surface area contributed by atoms with Crippen molar-refractivity contribution in [3.05, 3.63) is 65.7 Å². The monoisotopic (exact) mass is 336 g/mol. The molecule has 3 aromatic rings. The molecule has 0 aliphatic rings. The van der Waals surface area contributed by atoms with E-state index < -0.39 is 17.7 Å². The van der Waals surface area contributed by atoms with Crippen LogP contribution in [0.15, 0.2) is 48.7 Å². The highest BCUT2D eigenvalue weighted by Crippen LogP contribution is 2.31. The van der Waals surface area contributed by atoms with Crippen molar-refractivity contribution in [2.24, 2.45) is 0 Å². The van der Waals surface area contributed by atoms with E-state index in [1.807, 2.05) is 0 Å². The predicted octanol–water partition coefficient (Wildman–Crippen LogP) is 4.24. The van der Waals surface area contributed by atoms with Crippen molar-refractivity contribution in [2.45, 2.75) is 12.7 Å². The lowest BCUT2D eigenvalue weighted by Gasteiger charge is -2.09. The lowest BCUT2D eigenvalue weighted by molar-refractivity contribution is -0.137. The Kier molecular flexibility index (Phi) is 4.20. The highest BCUT2D eigenvalue weighted by Gasteiger charge is 2.30. The molecule has 8 heteroatoms. The van der Waals surface area contributed by atoms with Gasteiger partial charge in [0.2, 0.25) is 5.95 Å². The number of anilines is 1. The van der Waals surface area contributed by atoms with Gasteiger partial charge in [-0.25, -0.2) is 4.98 Å². The summed E-state index contributed by atoms with van der Waals surface area (Å²) in [5.74, 6) is -0.246. The van der Waals surface area contributed by atoms with E-state index in [1.165, 1.54) is 24.3 Å². The van der Waals surface area contributed by atoms with Crippen molar-refractivity contribution in [2.75, 3.05) is 5.32 Å². The van der Waals surface area contributed by atoms with Gasteiger partial charge in [0.15, 0.2) is 0 Å². The van der Waals surface area contributed by atoms with E-state index in [-0.39, 0.29) is 0 Å². The number of pyridine rings is 1. The molecule has 0 unspecified atom stereocenters. The number of hydrogen-bond donors (Lipinski definition) is 2. The first-order valence-corrected chi connectivity index (χ1v) is 7.00. The number of aromatic amines is 1. The molecular weight excluding hydrogens is 324 g/mol. The first kappa shape index (κ1) is 16.0. The third-order valence-electron chi connectivity index (χ3n) is 3.39. The molecule has 3 rings (SSSR count). The minimum atomic E-state index is -4.38. The van der Waals surface area contributed by atoms with E-state index >= 15 is 0 Å². The fourth-order valence-corrected chi connectivity index (χ4v) is 2.21. The summed E-state index contributed by atoms with van der Waals surface area (Å²) in [6, 6.07) is 9.15. The number of rotatable bonds is 4. The molecular formula is C16H12F4N4. The van der Waals surface area contributed by atoms with Crippen LogP contribution in [0.4, 0.5) is 23.4 Å². The maximum Gasteiger partial charge on any atom is 0.416 e. The number of hydrogen-bond acceptors (Lipinski definition) is 3. The first-order chi connectivity index (χ1) is 11.4. The summed E-state index contributed by atoms with van der Waals surface area (Å²) in [5.41, 5.74) is 1.17. The minimum absolute atomic E-state index is 0.295. The Balaban J connectivity index is 1.78. The fourth-order valence-electron chi connectivity index (χ4n) is 2.21. The molecule has 0 saturated carbocycles. The van der Waals surface area contributed by atoms with Gasteiger partial charge in [0.1, 0.15) is 5.82 Å². The third kappa shape index (κ3) is 3.53. The summed E-state index contributed by atoms with van der Waals surface area (Å²) < 4.78 is 50.9. The topological polar surface area (TPSA) is 53.6 Å². The van der Waals surface area contributed by atoms with Gasteiger partial charge in [0.05, 0.1) is 17.5 Å². The zero-order chi connectivity index (χ0) is 17.2. The Morgan fingerprint density at radius 1 is 1.04 bits per heavy atom. The van der Waals surface area contributed by atoms with Gasteiger partial charge in [0.25, 0.3) is 0 Å². The predicted molar refractivity (Wildman–Crippen MR) is 80.5 cm³/mol. The SMILES string of the molecule is Fc1cccc(NCc2cn[nH]c2-c2ccc(C(F)(F)F)cc2)n1. The van der Waals surface area contributed by atoms with E-state index in [9.17, 15) is 17.6 Å². The zero-order valence-corrected chi connectivity index (χ0v) is 12.2. The van der Waals surface area contributed by atoms with Crippen molar-refractivity contribution < 1.29 is 17.6 Å². The standard InChI is InChI=1S/C16H12F4N4/c17-13-2-1-3-14(23-13)21-8-11-9-22-24-15(11)10-4-6-12(7-5-10)16(18,19)20/h1-7,9H,8H2,(H,21,23)(H,22,24). The summed E-state index contributed by atoms with van der Waals surface area (Å²) in [5, 5.41) is 9.62. The molecule has 0 aliphatic carbocycles. The molecule has 0 radical (unpaired) electrons. The van der Waals surface area contributed by atoms with Gasteiger partial charge in [-0.05, 0) is 29.8 Å². The van der Waals surface area contributed by atoms with Crippen molar-refractivity contribution in [1.82, 2.24) is 15.2 Å². The maximum absolute atomic E-state index is 13.0. The molecule has 2 heterocycles. The van der Waals surface area contributed by atoms with Gasteiger partial charge in [0, 0.05) is 12.1 Å². The van der Waals surface area contributed by atoms with Crippen LogP contribution >= 0.6 is 0 Å². The summed E-state index contributed by atoms with van der Waals surface area (Å²) in [6.45, 7) is 0.295. The van der Waals surface area contributed by atoms with E-state index in [2.05, 4.69) is 20.5 Å². The summed E-state index contributed by atoms with van der Waals surface area (Å²) in [7, 11) is 0. The number of H-pyrrole nitrogens is 1. The lowest BCUT2D eigenvalue weighted by Crippen LogP contribution is -2.04. The Bertz CT molecular complexity index is 825. The van der Waals surface area contributed by atoms with Crippen molar-refractivity contribution in [3.8, 4) is 11.3 Å². The quantitative estimate of drug-likeness (QED) is 0.553. The second kappa shape index (κ2) is 6.31. The van der Waals surface area contributed by atoms with E-state index in [0.717, 1.165) is 17.7 Å². The Morgan fingerprint density at radius 2 is 1.79 bits per heavy atom. The molecule has 0 saturated heterocycles. The average Bonchev–Trinajstić information content (AvgIpc) is 3.01. The van der Waals surface area contributed by atoms with Gasteiger partial charge in [-0.15, -0.1) is 0 Å². The Hall–Kier alpha value is -2.90. The zero-order valence-electron chi connectivity index (χ0n) is 12.2. The first-order valence-electron chi connectivity index (χ1n) is 7.00. The summed E-state index contributed by atoms with van der Waals surface area (Å²) >= 11 is 0. The highest BCUT2D eigenvalue weighted by molar-refractivity contribution is 5.63. The van der Waals surface area contributed by atoms with Crippen LogP contribution in [0.2, 0.25) is 0 Å². The molecule has 0 amide bonds. The summed E-state index contributed by atoms with van der Waals surface area (Å²) in [4.78, 5) is 3.68. The number of nitrogens with one attached hydrogen (secondary N) is 2.